The monoisotopic (exact) mass is 380 g/mol. The average Bonchev–Trinajstić information content (AvgIpc) is 3.52. The molecule has 2 aromatic carbocycles. The summed E-state index contributed by atoms with van der Waals surface area (Å²) in [6, 6.07) is 15.0. The summed E-state index contributed by atoms with van der Waals surface area (Å²) in [4.78, 5) is 15.1. The Hall–Kier alpha value is -2.20. The summed E-state index contributed by atoms with van der Waals surface area (Å²) in [7, 11) is 0. The van der Waals surface area contributed by atoms with Crippen molar-refractivity contribution >= 4 is 5.91 Å². The summed E-state index contributed by atoms with van der Waals surface area (Å²) in [5, 5.41) is 3.11. The minimum Gasteiger partial charge on any atom is -0.352 e. The highest BCUT2D eigenvalue weighted by atomic mass is 19.1. The summed E-state index contributed by atoms with van der Waals surface area (Å²) in [6.45, 7) is 3.85. The fourth-order valence-electron chi connectivity index (χ4n) is 4.32. The number of amides is 1. The molecule has 0 spiro atoms. The zero-order valence-electron chi connectivity index (χ0n) is 16.4. The van der Waals surface area contributed by atoms with E-state index in [1.807, 2.05) is 12.1 Å². The molecule has 4 rings (SSSR count). The van der Waals surface area contributed by atoms with Crippen molar-refractivity contribution in [3.8, 4) is 0 Å². The highest BCUT2D eigenvalue weighted by molar-refractivity contribution is 5.82. The van der Waals surface area contributed by atoms with Gasteiger partial charge in [0.25, 0.3) is 0 Å². The molecule has 1 aliphatic carbocycles. The van der Waals surface area contributed by atoms with Gasteiger partial charge in [0.05, 0.1) is 0 Å². The largest absolute Gasteiger partial charge is 0.352 e. The lowest BCUT2D eigenvalue weighted by Crippen LogP contribution is -2.27. The topological polar surface area (TPSA) is 32.3 Å². The molecular formula is C24H29FN2O. The van der Waals surface area contributed by atoms with Crippen LogP contribution in [0.25, 0.3) is 0 Å². The van der Waals surface area contributed by atoms with Crippen LogP contribution in [0.15, 0.2) is 48.5 Å². The standard InChI is InChI=1S/C24H29FN2O/c25-21-11-7-10-18(14-21)22-15-23(22)24(28)26-16-19-8-3-4-9-20(19)17-27-12-5-1-2-6-13-27/h3-4,7-11,14,22-23H,1-2,5-6,12-13,15-17H2,(H,26,28). The number of hydrogen-bond acceptors (Lipinski definition) is 2. The van der Waals surface area contributed by atoms with Gasteiger partial charge >= 0.3 is 0 Å². The molecule has 1 saturated carbocycles. The first-order chi connectivity index (χ1) is 13.7. The van der Waals surface area contributed by atoms with Gasteiger partial charge in [-0.15, -0.1) is 0 Å². The average molecular weight is 381 g/mol. The number of nitrogens with zero attached hydrogens (tertiary/aromatic N) is 1. The Morgan fingerprint density at radius 1 is 1.00 bits per heavy atom. The molecule has 2 atom stereocenters. The first-order valence-electron chi connectivity index (χ1n) is 10.5. The molecule has 3 nitrogen and oxygen atoms in total. The number of nitrogens with one attached hydrogen (secondary N) is 1. The molecule has 1 heterocycles. The summed E-state index contributed by atoms with van der Waals surface area (Å²) in [6.07, 6.45) is 6.04. The molecule has 0 aromatic heterocycles. The third-order valence-corrected chi connectivity index (χ3v) is 6.07. The van der Waals surface area contributed by atoms with Crippen LogP contribution in [0, 0.1) is 11.7 Å². The lowest BCUT2D eigenvalue weighted by molar-refractivity contribution is -0.122. The number of benzene rings is 2. The summed E-state index contributed by atoms with van der Waals surface area (Å²) >= 11 is 0. The molecule has 0 bridgehead atoms. The number of carbonyl (C=O) groups excluding carboxylic acids is 1. The van der Waals surface area contributed by atoms with E-state index in [4.69, 9.17) is 0 Å². The van der Waals surface area contributed by atoms with E-state index in [0.29, 0.717) is 6.54 Å². The van der Waals surface area contributed by atoms with Crippen LogP contribution in [0.3, 0.4) is 0 Å². The summed E-state index contributed by atoms with van der Waals surface area (Å²) in [5.74, 6) is -0.0209. The Morgan fingerprint density at radius 2 is 1.75 bits per heavy atom. The van der Waals surface area contributed by atoms with Crippen LogP contribution < -0.4 is 5.32 Å². The van der Waals surface area contributed by atoms with Gasteiger partial charge < -0.3 is 5.32 Å². The molecular weight excluding hydrogens is 351 g/mol. The fourth-order valence-corrected chi connectivity index (χ4v) is 4.32. The van der Waals surface area contributed by atoms with E-state index >= 15 is 0 Å². The molecule has 2 aliphatic rings. The van der Waals surface area contributed by atoms with Crippen molar-refractivity contribution in [3.05, 3.63) is 71.0 Å². The molecule has 2 unspecified atom stereocenters. The van der Waals surface area contributed by atoms with Crippen LogP contribution in [-0.4, -0.2) is 23.9 Å². The number of likely N-dealkylation sites (tertiary alicyclic amines) is 1. The number of carbonyl (C=O) groups is 1. The number of hydrogen-bond donors (Lipinski definition) is 1. The number of halogens is 1. The first kappa shape index (κ1) is 19.1. The van der Waals surface area contributed by atoms with Crippen LogP contribution in [0.4, 0.5) is 4.39 Å². The third-order valence-electron chi connectivity index (χ3n) is 6.07. The van der Waals surface area contributed by atoms with Crippen LogP contribution in [-0.2, 0) is 17.9 Å². The van der Waals surface area contributed by atoms with E-state index in [9.17, 15) is 9.18 Å². The van der Waals surface area contributed by atoms with Gasteiger partial charge in [0.1, 0.15) is 5.82 Å². The Labute approximate surface area is 166 Å². The molecule has 1 amide bonds. The van der Waals surface area contributed by atoms with Gasteiger partial charge in [0.15, 0.2) is 0 Å². The first-order valence-corrected chi connectivity index (χ1v) is 10.5. The predicted molar refractivity (Wildman–Crippen MR) is 109 cm³/mol. The van der Waals surface area contributed by atoms with Gasteiger partial charge in [-0.3, -0.25) is 9.69 Å². The van der Waals surface area contributed by atoms with Crippen LogP contribution in [0.5, 0.6) is 0 Å². The maximum atomic E-state index is 13.4. The van der Waals surface area contributed by atoms with Crippen molar-refractivity contribution in [2.24, 2.45) is 5.92 Å². The highest BCUT2D eigenvalue weighted by Crippen LogP contribution is 2.47. The molecule has 28 heavy (non-hydrogen) atoms. The van der Waals surface area contributed by atoms with Gasteiger partial charge in [0.2, 0.25) is 5.91 Å². The van der Waals surface area contributed by atoms with Crippen molar-refractivity contribution in [2.45, 2.75) is 51.1 Å². The van der Waals surface area contributed by atoms with Crippen LogP contribution >= 0.6 is 0 Å². The lowest BCUT2D eigenvalue weighted by Gasteiger charge is -2.21. The van der Waals surface area contributed by atoms with Gasteiger partial charge in [-0.1, -0.05) is 49.2 Å². The molecule has 1 saturated heterocycles. The van der Waals surface area contributed by atoms with E-state index in [1.54, 1.807) is 12.1 Å². The van der Waals surface area contributed by atoms with Crippen LogP contribution in [0.2, 0.25) is 0 Å². The normalized spacial score (nSPS) is 22.5. The Morgan fingerprint density at radius 3 is 2.50 bits per heavy atom. The van der Waals surface area contributed by atoms with Crippen molar-refractivity contribution < 1.29 is 9.18 Å². The molecule has 2 fully saturated rings. The maximum Gasteiger partial charge on any atom is 0.224 e. The fraction of sp³-hybridized carbons (Fsp3) is 0.458. The van der Waals surface area contributed by atoms with Gasteiger partial charge in [-0.25, -0.2) is 4.39 Å². The smallest absolute Gasteiger partial charge is 0.224 e. The lowest BCUT2D eigenvalue weighted by atomic mass is 10.1. The van der Waals surface area contributed by atoms with E-state index < -0.39 is 0 Å². The molecule has 148 valence electrons. The SMILES string of the molecule is O=C(NCc1ccccc1CN1CCCCCC1)C1CC1c1cccc(F)c1. The molecule has 0 radical (unpaired) electrons. The van der Waals surface area contributed by atoms with Gasteiger partial charge in [-0.2, -0.15) is 0 Å². The molecule has 1 aliphatic heterocycles. The van der Waals surface area contributed by atoms with E-state index in [1.165, 1.54) is 42.9 Å². The molecule has 4 heteroatoms. The highest BCUT2D eigenvalue weighted by Gasteiger charge is 2.43. The van der Waals surface area contributed by atoms with E-state index in [2.05, 4.69) is 28.4 Å². The second kappa shape index (κ2) is 8.87. The summed E-state index contributed by atoms with van der Waals surface area (Å²) in [5.41, 5.74) is 3.44. The van der Waals surface area contributed by atoms with Crippen molar-refractivity contribution in [3.63, 3.8) is 0 Å². The third kappa shape index (κ3) is 4.79. The quantitative estimate of drug-likeness (QED) is 0.793. The minimum absolute atomic E-state index is 0.0282. The second-order valence-electron chi connectivity index (χ2n) is 8.18. The van der Waals surface area contributed by atoms with Gasteiger partial charge in [0, 0.05) is 19.0 Å². The van der Waals surface area contributed by atoms with Crippen molar-refractivity contribution in [1.82, 2.24) is 10.2 Å². The van der Waals surface area contributed by atoms with Crippen molar-refractivity contribution in [1.29, 1.82) is 0 Å². The van der Waals surface area contributed by atoms with E-state index in [0.717, 1.165) is 31.6 Å². The molecule has 2 aromatic rings. The zero-order valence-corrected chi connectivity index (χ0v) is 16.4. The van der Waals surface area contributed by atoms with Crippen molar-refractivity contribution in [2.75, 3.05) is 13.1 Å². The Bertz CT molecular complexity index is 814. The predicted octanol–water partition coefficient (Wildman–Crippen LogP) is 4.62. The molecule has 1 N–H and O–H groups in total. The zero-order chi connectivity index (χ0) is 19.3. The van der Waals surface area contributed by atoms with Crippen LogP contribution in [0.1, 0.15) is 54.7 Å². The van der Waals surface area contributed by atoms with E-state index in [-0.39, 0.29) is 23.6 Å². The van der Waals surface area contributed by atoms with Gasteiger partial charge in [-0.05, 0) is 67.1 Å². The number of rotatable bonds is 6. The Kier molecular flexibility index (Phi) is 6.06. The Balaban J connectivity index is 1.33. The maximum absolute atomic E-state index is 13.4. The second-order valence-corrected chi connectivity index (χ2v) is 8.18. The summed E-state index contributed by atoms with van der Waals surface area (Å²) < 4.78 is 13.4. The minimum atomic E-state index is -0.231.